The van der Waals surface area contributed by atoms with Crippen LogP contribution in [0.5, 0.6) is 5.75 Å². The normalized spacial score (nSPS) is 10.1. The average molecular weight is 314 g/mol. The standard InChI is InChI=1S/C18H22N2OS/c1-3-15-6-8-16(9-7-15)20-18(22)19-12-13-21-17-10-4-14(2)5-11-17/h4-11H,3,12-13H2,1-2H3,(H2,19,20,22). The second-order valence-corrected chi connectivity index (χ2v) is 5.50. The maximum absolute atomic E-state index is 5.64. The van der Waals surface area contributed by atoms with Crippen molar-refractivity contribution < 1.29 is 4.74 Å². The van der Waals surface area contributed by atoms with Crippen molar-refractivity contribution in [1.29, 1.82) is 0 Å². The monoisotopic (exact) mass is 314 g/mol. The Morgan fingerprint density at radius 1 is 1.05 bits per heavy atom. The summed E-state index contributed by atoms with van der Waals surface area (Å²) < 4.78 is 5.64. The molecule has 0 bridgehead atoms. The highest BCUT2D eigenvalue weighted by molar-refractivity contribution is 7.80. The number of hydrogen-bond donors (Lipinski definition) is 2. The van der Waals surface area contributed by atoms with Crippen molar-refractivity contribution in [2.75, 3.05) is 18.5 Å². The van der Waals surface area contributed by atoms with E-state index < -0.39 is 0 Å². The molecular formula is C18H22N2OS. The summed E-state index contributed by atoms with van der Waals surface area (Å²) in [4.78, 5) is 0. The highest BCUT2D eigenvalue weighted by atomic mass is 32.1. The van der Waals surface area contributed by atoms with Gasteiger partial charge in [-0.05, 0) is 55.4 Å². The molecule has 0 aromatic heterocycles. The van der Waals surface area contributed by atoms with Gasteiger partial charge in [-0.2, -0.15) is 0 Å². The van der Waals surface area contributed by atoms with Crippen LogP contribution in [0.25, 0.3) is 0 Å². The van der Waals surface area contributed by atoms with Gasteiger partial charge in [0.25, 0.3) is 0 Å². The first kappa shape index (κ1) is 16.3. The van der Waals surface area contributed by atoms with Crippen molar-refractivity contribution in [2.45, 2.75) is 20.3 Å². The van der Waals surface area contributed by atoms with E-state index in [1.807, 2.05) is 36.4 Å². The van der Waals surface area contributed by atoms with Crippen LogP contribution in [-0.4, -0.2) is 18.3 Å². The topological polar surface area (TPSA) is 33.3 Å². The van der Waals surface area contributed by atoms with Crippen molar-refractivity contribution in [3.05, 3.63) is 59.7 Å². The van der Waals surface area contributed by atoms with Crippen LogP contribution in [0.3, 0.4) is 0 Å². The van der Waals surface area contributed by atoms with Crippen LogP contribution >= 0.6 is 12.2 Å². The van der Waals surface area contributed by atoms with Crippen LogP contribution in [-0.2, 0) is 6.42 Å². The van der Waals surface area contributed by atoms with E-state index in [0.717, 1.165) is 17.9 Å². The quantitative estimate of drug-likeness (QED) is 0.625. The second kappa shape index (κ2) is 8.39. The van der Waals surface area contributed by atoms with Crippen LogP contribution < -0.4 is 15.4 Å². The lowest BCUT2D eigenvalue weighted by atomic mass is 10.1. The van der Waals surface area contributed by atoms with Gasteiger partial charge in [0.15, 0.2) is 5.11 Å². The van der Waals surface area contributed by atoms with Gasteiger partial charge < -0.3 is 15.4 Å². The molecule has 0 aliphatic heterocycles. The van der Waals surface area contributed by atoms with Gasteiger partial charge in [0.05, 0.1) is 6.54 Å². The summed E-state index contributed by atoms with van der Waals surface area (Å²) in [6.45, 7) is 5.43. The van der Waals surface area contributed by atoms with E-state index in [9.17, 15) is 0 Å². The first-order chi connectivity index (χ1) is 10.7. The van der Waals surface area contributed by atoms with Crippen molar-refractivity contribution in [1.82, 2.24) is 5.32 Å². The summed E-state index contributed by atoms with van der Waals surface area (Å²) in [5, 5.41) is 6.91. The molecule has 22 heavy (non-hydrogen) atoms. The van der Waals surface area contributed by atoms with Crippen molar-refractivity contribution in [3.63, 3.8) is 0 Å². The largest absolute Gasteiger partial charge is 0.492 e. The highest BCUT2D eigenvalue weighted by Gasteiger charge is 1.98. The smallest absolute Gasteiger partial charge is 0.170 e. The summed E-state index contributed by atoms with van der Waals surface area (Å²) >= 11 is 5.27. The Bertz CT molecular complexity index is 593. The minimum absolute atomic E-state index is 0.569. The van der Waals surface area contributed by atoms with Gasteiger partial charge in [0, 0.05) is 5.69 Å². The van der Waals surface area contributed by atoms with E-state index in [2.05, 4.69) is 36.6 Å². The summed E-state index contributed by atoms with van der Waals surface area (Å²) in [7, 11) is 0. The molecule has 0 saturated heterocycles. The van der Waals surface area contributed by atoms with Crippen molar-refractivity contribution >= 4 is 23.0 Å². The summed E-state index contributed by atoms with van der Waals surface area (Å²) in [6.07, 6.45) is 1.04. The predicted octanol–water partition coefficient (Wildman–Crippen LogP) is 3.92. The lowest BCUT2D eigenvalue weighted by molar-refractivity contribution is 0.322. The predicted molar refractivity (Wildman–Crippen MR) is 96.7 cm³/mol. The third-order valence-corrected chi connectivity index (χ3v) is 3.54. The Morgan fingerprint density at radius 2 is 1.73 bits per heavy atom. The molecule has 3 nitrogen and oxygen atoms in total. The number of benzene rings is 2. The molecule has 0 amide bonds. The van der Waals surface area contributed by atoms with Crippen LogP contribution in [0.2, 0.25) is 0 Å². The van der Waals surface area contributed by atoms with Gasteiger partial charge in [-0.3, -0.25) is 0 Å². The molecule has 0 fully saturated rings. The number of nitrogens with one attached hydrogen (secondary N) is 2. The van der Waals surface area contributed by atoms with E-state index in [1.54, 1.807) is 0 Å². The minimum atomic E-state index is 0.569. The molecule has 0 spiro atoms. The molecule has 4 heteroatoms. The first-order valence-electron chi connectivity index (χ1n) is 7.50. The lowest BCUT2D eigenvalue weighted by Crippen LogP contribution is -2.31. The second-order valence-electron chi connectivity index (χ2n) is 5.09. The molecule has 0 saturated carbocycles. The average Bonchev–Trinajstić information content (AvgIpc) is 2.54. The Morgan fingerprint density at radius 3 is 2.36 bits per heavy atom. The number of anilines is 1. The summed E-state index contributed by atoms with van der Waals surface area (Å²) in [5.74, 6) is 0.876. The number of hydrogen-bond acceptors (Lipinski definition) is 2. The maximum atomic E-state index is 5.64. The zero-order valence-electron chi connectivity index (χ0n) is 13.1. The fraction of sp³-hybridized carbons (Fsp3) is 0.278. The number of aryl methyl sites for hydroxylation is 2. The fourth-order valence-corrected chi connectivity index (χ4v) is 2.19. The number of rotatable bonds is 6. The third kappa shape index (κ3) is 5.37. The SMILES string of the molecule is CCc1ccc(NC(=S)NCCOc2ccc(C)cc2)cc1. The third-order valence-electron chi connectivity index (χ3n) is 3.30. The Balaban J connectivity index is 1.67. The van der Waals surface area contributed by atoms with Crippen molar-refractivity contribution in [2.24, 2.45) is 0 Å². The molecule has 0 aliphatic carbocycles. The number of thiocarbonyl (C=S) groups is 1. The molecule has 2 aromatic carbocycles. The van der Waals surface area contributed by atoms with E-state index in [0.29, 0.717) is 18.3 Å². The fourth-order valence-electron chi connectivity index (χ4n) is 1.97. The summed E-state index contributed by atoms with van der Waals surface area (Å²) in [6, 6.07) is 16.3. The molecule has 2 rings (SSSR count). The van der Waals surface area contributed by atoms with E-state index in [-0.39, 0.29) is 0 Å². The molecule has 2 N–H and O–H groups in total. The Kier molecular flexibility index (Phi) is 6.22. The lowest BCUT2D eigenvalue weighted by Gasteiger charge is -2.11. The first-order valence-corrected chi connectivity index (χ1v) is 7.91. The summed E-state index contributed by atoms with van der Waals surface area (Å²) in [5.41, 5.74) is 3.54. The molecule has 0 radical (unpaired) electrons. The molecule has 0 unspecified atom stereocenters. The van der Waals surface area contributed by atoms with Gasteiger partial charge in [0.1, 0.15) is 12.4 Å². The zero-order chi connectivity index (χ0) is 15.8. The minimum Gasteiger partial charge on any atom is -0.492 e. The van der Waals surface area contributed by atoms with E-state index >= 15 is 0 Å². The molecule has 2 aromatic rings. The van der Waals surface area contributed by atoms with Crippen LogP contribution in [0.4, 0.5) is 5.69 Å². The zero-order valence-corrected chi connectivity index (χ0v) is 13.9. The highest BCUT2D eigenvalue weighted by Crippen LogP contribution is 2.11. The van der Waals surface area contributed by atoms with Crippen LogP contribution in [0.15, 0.2) is 48.5 Å². The van der Waals surface area contributed by atoms with E-state index in [4.69, 9.17) is 17.0 Å². The van der Waals surface area contributed by atoms with E-state index in [1.165, 1.54) is 11.1 Å². The molecular weight excluding hydrogens is 292 g/mol. The van der Waals surface area contributed by atoms with Gasteiger partial charge in [-0.25, -0.2) is 0 Å². The van der Waals surface area contributed by atoms with Gasteiger partial charge in [-0.1, -0.05) is 36.8 Å². The molecule has 0 aliphatic rings. The molecule has 0 heterocycles. The molecule has 0 atom stereocenters. The Labute approximate surface area is 137 Å². The maximum Gasteiger partial charge on any atom is 0.170 e. The van der Waals surface area contributed by atoms with Crippen molar-refractivity contribution in [3.8, 4) is 5.75 Å². The van der Waals surface area contributed by atoms with Gasteiger partial charge >= 0.3 is 0 Å². The number of ether oxygens (including phenoxy) is 1. The van der Waals surface area contributed by atoms with Gasteiger partial charge in [0.2, 0.25) is 0 Å². The Hall–Kier alpha value is -2.07. The van der Waals surface area contributed by atoms with Gasteiger partial charge in [-0.15, -0.1) is 0 Å². The van der Waals surface area contributed by atoms with Crippen LogP contribution in [0.1, 0.15) is 18.1 Å². The van der Waals surface area contributed by atoms with Crippen LogP contribution in [0, 0.1) is 6.92 Å². The molecule has 116 valence electrons.